The summed E-state index contributed by atoms with van der Waals surface area (Å²) in [6.45, 7) is 7.97. The molecule has 2 aromatic rings. The molecule has 0 spiro atoms. The van der Waals surface area contributed by atoms with Gasteiger partial charge in [0.1, 0.15) is 23.6 Å². The first-order valence-electron chi connectivity index (χ1n) is 10.4. The highest BCUT2D eigenvalue weighted by Crippen LogP contribution is 2.25. The van der Waals surface area contributed by atoms with Gasteiger partial charge in [0.15, 0.2) is 0 Å². The van der Waals surface area contributed by atoms with Crippen molar-refractivity contribution < 1.29 is 10.2 Å². The number of aromatic hydroxyl groups is 2. The summed E-state index contributed by atoms with van der Waals surface area (Å²) < 4.78 is 0. The quantitative estimate of drug-likeness (QED) is 0.297. The van der Waals surface area contributed by atoms with Gasteiger partial charge in [-0.05, 0) is 99.2 Å². The Bertz CT molecular complexity index is 1100. The summed E-state index contributed by atoms with van der Waals surface area (Å²) in [6.07, 6.45) is 8.50. The van der Waals surface area contributed by atoms with E-state index in [1.807, 2.05) is 52.0 Å². The van der Waals surface area contributed by atoms with E-state index in [0.717, 1.165) is 33.4 Å². The van der Waals surface area contributed by atoms with Crippen LogP contribution < -0.4 is 0 Å². The van der Waals surface area contributed by atoms with Crippen molar-refractivity contribution in [3.05, 3.63) is 93.1 Å². The van der Waals surface area contributed by atoms with Crippen LogP contribution in [-0.4, -0.2) is 10.2 Å². The van der Waals surface area contributed by atoms with Crippen LogP contribution in [-0.2, 0) is 12.8 Å². The van der Waals surface area contributed by atoms with Gasteiger partial charge in [0, 0.05) is 0 Å². The summed E-state index contributed by atoms with van der Waals surface area (Å²) >= 11 is 0. The van der Waals surface area contributed by atoms with Gasteiger partial charge in [0.25, 0.3) is 0 Å². The Morgan fingerprint density at radius 2 is 1.09 bits per heavy atom. The summed E-state index contributed by atoms with van der Waals surface area (Å²) in [5.74, 6) is 0.393. The van der Waals surface area contributed by atoms with Crippen LogP contribution in [0.25, 0.3) is 12.2 Å². The molecule has 0 saturated heterocycles. The average molecular weight is 425 g/mol. The Hall–Kier alpha value is -4.02. The minimum absolute atomic E-state index is 0.196. The number of nitriles is 2. The van der Waals surface area contributed by atoms with Crippen molar-refractivity contribution in [2.45, 2.75) is 40.5 Å². The number of nitrogens with zero attached hydrogens (tertiary/aromatic N) is 2. The highest BCUT2D eigenvalue weighted by atomic mass is 16.3. The standard InChI is InChI=1S/C28H28N2O2/c1-19(2)5-9-23-13-21(7-11-27(23)31)15-25(17-29)26(18-30)16-22-8-12-28(32)24(14-22)10-6-20(3)4/h5-8,11-16,31-32H,9-10H2,1-4H3/b25-15+,26-16+. The Labute approximate surface area is 190 Å². The minimum atomic E-state index is 0.196. The molecule has 0 aliphatic heterocycles. The van der Waals surface area contributed by atoms with Crippen LogP contribution in [0.3, 0.4) is 0 Å². The lowest BCUT2D eigenvalue weighted by Gasteiger charge is -2.06. The molecule has 162 valence electrons. The van der Waals surface area contributed by atoms with Crippen molar-refractivity contribution in [2.24, 2.45) is 0 Å². The normalized spacial score (nSPS) is 11.3. The van der Waals surface area contributed by atoms with Crippen molar-refractivity contribution in [3.8, 4) is 23.6 Å². The lowest BCUT2D eigenvalue weighted by Crippen LogP contribution is -1.90. The molecule has 2 aromatic carbocycles. The molecule has 0 bridgehead atoms. The zero-order valence-corrected chi connectivity index (χ0v) is 19.0. The van der Waals surface area contributed by atoms with Crippen molar-refractivity contribution in [2.75, 3.05) is 0 Å². The van der Waals surface area contributed by atoms with E-state index in [9.17, 15) is 20.7 Å². The minimum Gasteiger partial charge on any atom is -0.508 e. The number of allylic oxidation sites excluding steroid dienone is 6. The van der Waals surface area contributed by atoms with Crippen LogP contribution >= 0.6 is 0 Å². The van der Waals surface area contributed by atoms with Crippen molar-refractivity contribution in [1.29, 1.82) is 10.5 Å². The smallest absolute Gasteiger partial charge is 0.119 e. The summed E-state index contributed by atoms with van der Waals surface area (Å²) in [7, 11) is 0. The Balaban J connectivity index is 2.43. The first-order valence-corrected chi connectivity index (χ1v) is 10.4. The SMILES string of the molecule is CC(C)=CCc1cc(/C=C(C#N)/C(C#N)=C/c2ccc(O)c(CC=C(C)C)c2)ccc1O. The summed E-state index contributed by atoms with van der Waals surface area (Å²) in [4.78, 5) is 0. The van der Waals surface area contributed by atoms with E-state index in [4.69, 9.17) is 0 Å². The molecule has 4 heteroatoms. The number of rotatable bonds is 7. The molecule has 4 nitrogen and oxygen atoms in total. The van der Waals surface area contributed by atoms with Crippen LogP contribution in [0.2, 0.25) is 0 Å². The molecule has 0 aliphatic carbocycles. The number of phenolic OH excluding ortho intramolecular Hbond substituents is 2. The number of hydrogen-bond acceptors (Lipinski definition) is 4. The Morgan fingerprint density at radius 1 is 0.719 bits per heavy atom. The lowest BCUT2D eigenvalue weighted by molar-refractivity contribution is 0.469. The maximum absolute atomic E-state index is 10.1. The monoisotopic (exact) mass is 424 g/mol. The molecule has 0 unspecified atom stereocenters. The van der Waals surface area contributed by atoms with Crippen LogP contribution in [0.1, 0.15) is 49.9 Å². The second kappa shape index (κ2) is 11.4. The zero-order chi connectivity index (χ0) is 23.7. The van der Waals surface area contributed by atoms with E-state index >= 15 is 0 Å². The van der Waals surface area contributed by atoms with Crippen LogP contribution in [0, 0.1) is 22.7 Å². The first kappa shape index (κ1) is 24.3. The summed E-state index contributed by atoms with van der Waals surface area (Å²) in [5, 5.41) is 39.6. The van der Waals surface area contributed by atoms with Crippen molar-refractivity contribution in [3.63, 3.8) is 0 Å². The molecule has 0 aromatic heterocycles. The molecule has 0 saturated carbocycles. The van der Waals surface area contributed by atoms with Gasteiger partial charge in [-0.2, -0.15) is 10.5 Å². The zero-order valence-electron chi connectivity index (χ0n) is 19.0. The summed E-state index contributed by atoms with van der Waals surface area (Å²) in [6, 6.07) is 14.5. The van der Waals surface area contributed by atoms with Crippen LogP contribution in [0.4, 0.5) is 0 Å². The van der Waals surface area contributed by atoms with Gasteiger partial charge >= 0.3 is 0 Å². The molecule has 0 fully saturated rings. The van der Waals surface area contributed by atoms with E-state index in [0.29, 0.717) is 12.8 Å². The van der Waals surface area contributed by atoms with Gasteiger partial charge in [-0.3, -0.25) is 0 Å². The van der Waals surface area contributed by atoms with Gasteiger partial charge in [-0.25, -0.2) is 0 Å². The van der Waals surface area contributed by atoms with Crippen LogP contribution in [0.15, 0.2) is 70.8 Å². The molecular weight excluding hydrogens is 396 g/mol. The Morgan fingerprint density at radius 3 is 1.41 bits per heavy atom. The highest BCUT2D eigenvalue weighted by Gasteiger charge is 2.08. The highest BCUT2D eigenvalue weighted by molar-refractivity contribution is 5.74. The fraction of sp³-hybridized carbons (Fsp3) is 0.214. The molecular formula is C28H28N2O2. The van der Waals surface area contributed by atoms with Gasteiger partial charge in [0.2, 0.25) is 0 Å². The third kappa shape index (κ3) is 7.04. The maximum atomic E-state index is 10.1. The third-order valence-electron chi connectivity index (χ3n) is 4.82. The predicted molar refractivity (Wildman–Crippen MR) is 130 cm³/mol. The molecule has 2 rings (SSSR count). The van der Waals surface area contributed by atoms with Gasteiger partial charge in [0.05, 0.1) is 11.1 Å². The molecule has 0 atom stereocenters. The lowest BCUT2D eigenvalue weighted by atomic mass is 9.99. The fourth-order valence-corrected chi connectivity index (χ4v) is 3.02. The Kier molecular flexibility index (Phi) is 8.63. The predicted octanol–water partition coefficient (Wildman–Crippen LogP) is 6.63. The van der Waals surface area contributed by atoms with E-state index in [-0.39, 0.29) is 22.6 Å². The first-order chi connectivity index (χ1) is 15.2. The molecule has 2 N–H and O–H groups in total. The van der Waals surface area contributed by atoms with E-state index in [2.05, 4.69) is 12.1 Å². The largest absolute Gasteiger partial charge is 0.508 e. The average Bonchev–Trinajstić information content (AvgIpc) is 2.76. The van der Waals surface area contributed by atoms with Gasteiger partial charge in [-0.15, -0.1) is 0 Å². The van der Waals surface area contributed by atoms with Crippen LogP contribution in [0.5, 0.6) is 11.5 Å². The third-order valence-corrected chi connectivity index (χ3v) is 4.82. The van der Waals surface area contributed by atoms with Crippen molar-refractivity contribution >= 4 is 12.2 Å². The van der Waals surface area contributed by atoms with Crippen molar-refractivity contribution in [1.82, 2.24) is 0 Å². The van der Waals surface area contributed by atoms with E-state index < -0.39 is 0 Å². The fourth-order valence-electron chi connectivity index (χ4n) is 3.02. The molecule has 32 heavy (non-hydrogen) atoms. The second-order valence-corrected chi connectivity index (χ2v) is 8.09. The number of phenols is 2. The van der Waals surface area contributed by atoms with Gasteiger partial charge in [-0.1, -0.05) is 35.4 Å². The second-order valence-electron chi connectivity index (χ2n) is 8.09. The molecule has 0 radical (unpaired) electrons. The number of hydrogen-bond donors (Lipinski definition) is 2. The summed E-state index contributed by atoms with van der Waals surface area (Å²) in [5.41, 5.74) is 5.71. The molecule has 0 amide bonds. The topological polar surface area (TPSA) is 88.0 Å². The van der Waals surface area contributed by atoms with Gasteiger partial charge < -0.3 is 10.2 Å². The number of benzene rings is 2. The van der Waals surface area contributed by atoms with E-state index in [1.165, 1.54) is 0 Å². The van der Waals surface area contributed by atoms with E-state index in [1.54, 1.807) is 36.4 Å². The molecule has 0 aliphatic rings. The molecule has 0 heterocycles. The maximum Gasteiger partial charge on any atom is 0.119 e.